The number of pyridine rings is 1. The number of rotatable bonds is 4. The van der Waals surface area contributed by atoms with E-state index < -0.39 is 0 Å². The Morgan fingerprint density at radius 3 is 2.88 bits per heavy atom. The highest BCUT2D eigenvalue weighted by atomic mass is 35.5. The fourth-order valence-corrected chi connectivity index (χ4v) is 1.46. The summed E-state index contributed by atoms with van der Waals surface area (Å²) in [6.45, 7) is 0.656. The first-order valence-electron chi connectivity index (χ1n) is 4.91. The molecule has 0 radical (unpaired) electrons. The number of halogens is 1. The molecule has 0 unspecified atom stereocenters. The number of alkyl halides is 1. The summed E-state index contributed by atoms with van der Waals surface area (Å²) in [5, 5.41) is 0. The van der Waals surface area contributed by atoms with Gasteiger partial charge in [0.1, 0.15) is 6.26 Å². The van der Waals surface area contributed by atoms with Gasteiger partial charge in [-0.05, 0) is 12.1 Å². The van der Waals surface area contributed by atoms with Gasteiger partial charge in [-0.25, -0.2) is 0 Å². The van der Waals surface area contributed by atoms with E-state index in [0.29, 0.717) is 18.4 Å². The number of hydrogen-bond acceptors (Lipinski definition) is 4. The number of aromatic nitrogens is 2. The molecule has 2 aromatic rings. The molecule has 2 heterocycles. The number of anilines is 1. The molecule has 0 aliphatic rings. The Balaban J connectivity index is 2.05. The van der Waals surface area contributed by atoms with Crippen molar-refractivity contribution in [1.29, 1.82) is 0 Å². The van der Waals surface area contributed by atoms with Gasteiger partial charge < -0.3 is 9.32 Å². The molecular formula is C11H12ClN3O. The zero-order valence-electron chi connectivity index (χ0n) is 8.93. The van der Waals surface area contributed by atoms with Gasteiger partial charge in [-0.15, -0.1) is 11.6 Å². The summed E-state index contributed by atoms with van der Waals surface area (Å²) in [6.07, 6.45) is 3.33. The zero-order chi connectivity index (χ0) is 11.4. The average molecular weight is 238 g/mol. The summed E-state index contributed by atoms with van der Waals surface area (Å²) < 4.78 is 5.29. The van der Waals surface area contributed by atoms with Crippen LogP contribution >= 0.6 is 11.6 Å². The largest absolute Gasteiger partial charge is 0.432 e. The maximum atomic E-state index is 5.65. The minimum atomic E-state index is 0.362. The molecule has 0 spiro atoms. The van der Waals surface area contributed by atoms with Crippen LogP contribution in [0.3, 0.4) is 0 Å². The first kappa shape index (κ1) is 11.0. The van der Waals surface area contributed by atoms with Crippen molar-refractivity contribution in [2.24, 2.45) is 0 Å². The molecule has 0 aromatic carbocycles. The molecule has 0 saturated carbocycles. The Bertz CT molecular complexity index is 444. The van der Waals surface area contributed by atoms with Gasteiger partial charge in [0.05, 0.1) is 23.8 Å². The Kier molecular flexibility index (Phi) is 3.41. The summed E-state index contributed by atoms with van der Waals surface area (Å²) in [7, 11) is 1.90. The van der Waals surface area contributed by atoms with Crippen molar-refractivity contribution >= 4 is 17.6 Å². The van der Waals surface area contributed by atoms with E-state index in [2.05, 4.69) is 9.97 Å². The minimum absolute atomic E-state index is 0.362. The monoisotopic (exact) mass is 237 g/mol. The Morgan fingerprint density at radius 2 is 2.25 bits per heavy atom. The van der Waals surface area contributed by atoms with E-state index in [-0.39, 0.29) is 0 Å². The average Bonchev–Trinajstić information content (AvgIpc) is 2.79. The molecule has 0 N–H and O–H groups in total. The molecule has 0 bridgehead atoms. The van der Waals surface area contributed by atoms with Crippen molar-refractivity contribution < 1.29 is 4.42 Å². The quantitative estimate of drug-likeness (QED) is 0.766. The molecule has 16 heavy (non-hydrogen) atoms. The highest BCUT2D eigenvalue weighted by Crippen LogP contribution is 2.15. The molecule has 0 aliphatic carbocycles. The molecule has 0 atom stereocenters. The molecule has 84 valence electrons. The molecule has 0 saturated heterocycles. The maximum Gasteiger partial charge on any atom is 0.297 e. The summed E-state index contributed by atoms with van der Waals surface area (Å²) in [5.41, 5.74) is 1.71. The van der Waals surface area contributed by atoms with E-state index in [1.54, 1.807) is 12.5 Å². The summed E-state index contributed by atoms with van der Waals surface area (Å²) >= 11 is 5.65. The van der Waals surface area contributed by atoms with E-state index in [4.69, 9.17) is 16.0 Å². The maximum absolute atomic E-state index is 5.65. The van der Waals surface area contributed by atoms with Gasteiger partial charge >= 0.3 is 0 Å². The van der Waals surface area contributed by atoms with E-state index in [1.807, 2.05) is 30.1 Å². The molecule has 2 rings (SSSR count). The van der Waals surface area contributed by atoms with Gasteiger partial charge in [-0.3, -0.25) is 4.98 Å². The van der Waals surface area contributed by atoms with Crippen LogP contribution in [0.25, 0.3) is 0 Å². The molecule has 0 amide bonds. The topological polar surface area (TPSA) is 42.2 Å². The van der Waals surface area contributed by atoms with Crippen molar-refractivity contribution in [3.05, 3.63) is 42.0 Å². The second kappa shape index (κ2) is 4.99. The lowest BCUT2D eigenvalue weighted by Crippen LogP contribution is -2.17. The van der Waals surface area contributed by atoms with E-state index in [0.717, 1.165) is 11.4 Å². The first-order valence-corrected chi connectivity index (χ1v) is 5.44. The van der Waals surface area contributed by atoms with Crippen LogP contribution in [0.1, 0.15) is 11.4 Å². The van der Waals surface area contributed by atoms with Crippen LogP contribution in [0, 0.1) is 0 Å². The summed E-state index contributed by atoms with van der Waals surface area (Å²) in [6, 6.07) is 6.36. The fraction of sp³-hybridized carbons (Fsp3) is 0.273. The number of oxazole rings is 1. The van der Waals surface area contributed by atoms with E-state index in [9.17, 15) is 0 Å². The Labute approximate surface area is 98.9 Å². The van der Waals surface area contributed by atoms with Gasteiger partial charge in [0.25, 0.3) is 6.01 Å². The van der Waals surface area contributed by atoms with Crippen LogP contribution < -0.4 is 4.90 Å². The van der Waals surface area contributed by atoms with Gasteiger partial charge in [0.2, 0.25) is 0 Å². The van der Waals surface area contributed by atoms with Crippen LogP contribution in [0.5, 0.6) is 0 Å². The lowest BCUT2D eigenvalue weighted by Gasteiger charge is -2.13. The summed E-state index contributed by atoms with van der Waals surface area (Å²) in [5.74, 6) is 0.362. The highest BCUT2D eigenvalue weighted by Gasteiger charge is 2.09. The molecular weight excluding hydrogens is 226 g/mol. The van der Waals surface area contributed by atoms with Crippen molar-refractivity contribution in [1.82, 2.24) is 9.97 Å². The third kappa shape index (κ3) is 2.52. The first-order chi connectivity index (χ1) is 7.79. The predicted octanol–water partition coefficient (Wildman–Crippen LogP) is 2.44. The number of hydrogen-bond donors (Lipinski definition) is 0. The SMILES string of the molecule is CN(Cc1ccccn1)c1nc(CCl)co1. The number of nitrogens with zero attached hydrogens (tertiary/aromatic N) is 3. The van der Waals surface area contributed by atoms with Crippen LogP contribution in [0.2, 0.25) is 0 Å². The predicted molar refractivity (Wildman–Crippen MR) is 62.4 cm³/mol. The van der Waals surface area contributed by atoms with Crippen molar-refractivity contribution in [3.8, 4) is 0 Å². The van der Waals surface area contributed by atoms with Crippen molar-refractivity contribution in [3.63, 3.8) is 0 Å². The molecule has 5 heteroatoms. The minimum Gasteiger partial charge on any atom is -0.432 e. The zero-order valence-corrected chi connectivity index (χ0v) is 9.68. The smallest absolute Gasteiger partial charge is 0.297 e. The highest BCUT2D eigenvalue weighted by molar-refractivity contribution is 6.16. The lowest BCUT2D eigenvalue weighted by atomic mass is 10.3. The normalized spacial score (nSPS) is 10.4. The second-order valence-corrected chi connectivity index (χ2v) is 3.70. The van der Waals surface area contributed by atoms with Crippen molar-refractivity contribution in [2.45, 2.75) is 12.4 Å². The molecule has 0 fully saturated rings. The van der Waals surface area contributed by atoms with Gasteiger partial charge in [0.15, 0.2) is 0 Å². The second-order valence-electron chi connectivity index (χ2n) is 3.43. The van der Waals surface area contributed by atoms with Crippen LogP contribution in [-0.2, 0) is 12.4 Å². The van der Waals surface area contributed by atoms with E-state index in [1.165, 1.54) is 0 Å². The Morgan fingerprint density at radius 1 is 1.38 bits per heavy atom. The third-order valence-electron chi connectivity index (χ3n) is 2.13. The fourth-order valence-electron chi connectivity index (χ4n) is 1.34. The van der Waals surface area contributed by atoms with Crippen LogP contribution in [0.15, 0.2) is 35.1 Å². The van der Waals surface area contributed by atoms with Gasteiger partial charge in [0, 0.05) is 13.2 Å². The van der Waals surface area contributed by atoms with Gasteiger partial charge in [-0.1, -0.05) is 6.07 Å². The Hall–Kier alpha value is -1.55. The molecule has 4 nitrogen and oxygen atoms in total. The van der Waals surface area contributed by atoms with E-state index >= 15 is 0 Å². The molecule has 0 aliphatic heterocycles. The van der Waals surface area contributed by atoms with Gasteiger partial charge in [-0.2, -0.15) is 4.98 Å². The molecule has 2 aromatic heterocycles. The van der Waals surface area contributed by atoms with Crippen LogP contribution in [0.4, 0.5) is 6.01 Å². The summed E-state index contributed by atoms with van der Waals surface area (Å²) in [4.78, 5) is 10.3. The van der Waals surface area contributed by atoms with Crippen molar-refractivity contribution in [2.75, 3.05) is 11.9 Å². The third-order valence-corrected chi connectivity index (χ3v) is 2.40. The lowest BCUT2D eigenvalue weighted by molar-refractivity contribution is 0.543. The standard InChI is InChI=1S/C11H12ClN3O/c1-15(7-9-4-2-3-5-13-9)11-14-10(6-12)8-16-11/h2-5,8H,6-7H2,1H3. The van der Waals surface area contributed by atoms with Crippen LogP contribution in [-0.4, -0.2) is 17.0 Å².